The topological polar surface area (TPSA) is 12.0 Å². The molecule has 90 valence electrons. The maximum atomic E-state index is 3.83. The van der Waals surface area contributed by atoms with Gasteiger partial charge in [0.15, 0.2) is 0 Å². The third kappa shape index (κ3) is 2.49. The monoisotopic (exact) mass is 237 g/mol. The van der Waals surface area contributed by atoms with Crippen molar-refractivity contribution < 1.29 is 0 Å². The zero-order valence-corrected chi connectivity index (χ0v) is 11.4. The van der Waals surface area contributed by atoms with E-state index in [0.717, 1.165) is 12.0 Å². The molecule has 0 aromatic carbocycles. The van der Waals surface area contributed by atoms with E-state index in [4.69, 9.17) is 0 Å². The lowest BCUT2D eigenvalue weighted by Crippen LogP contribution is -2.34. The van der Waals surface area contributed by atoms with Gasteiger partial charge in [0.2, 0.25) is 0 Å². The summed E-state index contributed by atoms with van der Waals surface area (Å²) < 4.78 is 0. The maximum Gasteiger partial charge on any atom is 0.0391 e. The van der Waals surface area contributed by atoms with Crippen molar-refractivity contribution in [3.05, 3.63) is 21.9 Å². The predicted octanol–water partition coefficient (Wildman–Crippen LogP) is 4.29. The Balaban J connectivity index is 1.97. The normalized spacial score (nSPS) is 27.2. The van der Waals surface area contributed by atoms with Crippen LogP contribution in [0, 0.1) is 12.8 Å². The van der Waals surface area contributed by atoms with Crippen LogP contribution in [0.15, 0.2) is 11.4 Å². The fraction of sp³-hybridized carbons (Fsp3) is 0.714. The summed E-state index contributed by atoms with van der Waals surface area (Å²) in [6, 6.07) is 3.50. The van der Waals surface area contributed by atoms with Crippen LogP contribution in [0.2, 0.25) is 0 Å². The molecule has 1 nitrogen and oxygen atoms in total. The smallest absolute Gasteiger partial charge is 0.0391 e. The molecule has 0 saturated heterocycles. The minimum Gasteiger partial charge on any atom is -0.306 e. The second-order valence-electron chi connectivity index (χ2n) is 5.06. The Labute approximate surface area is 103 Å². The summed E-state index contributed by atoms with van der Waals surface area (Å²) in [7, 11) is 0. The average molecular weight is 237 g/mol. The van der Waals surface area contributed by atoms with Crippen molar-refractivity contribution in [3.63, 3.8) is 0 Å². The number of rotatable bonds is 4. The second-order valence-corrected chi connectivity index (χ2v) is 6.01. The fourth-order valence-electron chi connectivity index (χ4n) is 2.97. The summed E-state index contributed by atoms with van der Waals surface area (Å²) in [6.45, 7) is 6.85. The highest BCUT2D eigenvalue weighted by Crippen LogP contribution is 2.31. The lowest BCUT2D eigenvalue weighted by atomic mass is 9.99. The summed E-state index contributed by atoms with van der Waals surface area (Å²) in [5.74, 6) is 0.905. The van der Waals surface area contributed by atoms with E-state index in [2.05, 4.69) is 37.5 Å². The molecule has 0 bridgehead atoms. The lowest BCUT2D eigenvalue weighted by molar-refractivity contribution is 0.362. The number of thiophene rings is 1. The van der Waals surface area contributed by atoms with E-state index in [1.165, 1.54) is 36.1 Å². The molecule has 0 radical (unpaired) electrons. The molecule has 1 aliphatic carbocycles. The van der Waals surface area contributed by atoms with Gasteiger partial charge in [-0.25, -0.2) is 0 Å². The number of nitrogens with one attached hydrogen (secondary N) is 1. The zero-order valence-electron chi connectivity index (χ0n) is 10.6. The molecule has 1 saturated carbocycles. The van der Waals surface area contributed by atoms with E-state index >= 15 is 0 Å². The van der Waals surface area contributed by atoms with E-state index in [-0.39, 0.29) is 0 Å². The highest BCUT2D eigenvalue weighted by atomic mass is 32.1. The molecule has 1 fully saturated rings. The van der Waals surface area contributed by atoms with Crippen LogP contribution in [-0.2, 0) is 0 Å². The van der Waals surface area contributed by atoms with Gasteiger partial charge >= 0.3 is 0 Å². The second kappa shape index (κ2) is 5.33. The largest absolute Gasteiger partial charge is 0.306 e. The zero-order chi connectivity index (χ0) is 11.5. The Hall–Kier alpha value is -0.340. The molecule has 2 rings (SSSR count). The Kier molecular flexibility index (Phi) is 4.04. The van der Waals surface area contributed by atoms with E-state index in [9.17, 15) is 0 Å². The quantitative estimate of drug-likeness (QED) is 0.824. The maximum absolute atomic E-state index is 3.83. The summed E-state index contributed by atoms with van der Waals surface area (Å²) >= 11 is 1.89. The van der Waals surface area contributed by atoms with Crippen LogP contribution in [0.1, 0.15) is 56.0 Å². The molecule has 16 heavy (non-hydrogen) atoms. The first kappa shape index (κ1) is 12.1. The highest BCUT2D eigenvalue weighted by Gasteiger charge is 2.27. The van der Waals surface area contributed by atoms with Crippen LogP contribution < -0.4 is 5.32 Å². The molecule has 1 aliphatic rings. The molecule has 1 N–H and O–H groups in total. The molecule has 3 atom stereocenters. The summed E-state index contributed by atoms with van der Waals surface area (Å²) in [5, 5.41) is 6.04. The minimum absolute atomic E-state index is 0.525. The minimum atomic E-state index is 0.525. The van der Waals surface area contributed by atoms with Gasteiger partial charge in [-0.2, -0.15) is 0 Å². The molecule has 1 aromatic rings. The number of aryl methyl sites for hydroxylation is 1. The van der Waals surface area contributed by atoms with Crippen molar-refractivity contribution in [1.29, 1.82) is 0 Å². The van der Waals surface area contributed by atoms with E-state index in [1.807, 2.05) is 11.3 Å². The summed E-state index contributed by atoms with van der Waals surface area (Å²) in [4.78, 5) is 1.52. The standard InChI is InChI=1S/C14H23NS/c1-4-12-6-5-7-13(12)15-11(3)14-10(2)8-9-16-14/h8-9,11-13,15H,4-7H2,1-3H3. The fourth-order valence-corrected chi connectivity index (χ4v) is 3.91. The molecule has 0 spiro atoms. The van der Waals surface area contributed by atoms with Gasteiger partial charge in [-0.15, -0.1) is 11.3 Å². The van der Waals surface area contributed by atoms with Crippen LogP contribution in [0.5, 0.6) is 0 Å². The Bertz CT molecular complexity index is 331. The number of hydrogen-bond acceptors (Lipinski definition) is 2. The Morgan fingerprint density at radius 3 is 2.94 bits per heavy atom. The van der Waals surface area contributed by atoms with Crippen LogP contribution in [0.25, 0.3) is 0 Å². The van der Waals surface area contributed by atoms with Gasteiger partial charge in [0, 0.05) is 17.0 Å². The molecule has 1 heterocycles. The van der Waals surface area contributed by atoms with Crippen molar-refractivity contribution in [1.82, 2.24) is 5.32 Å². The first-order valence-electron chi connectivity index (χ1n) is 6.52. The highest BCUT2D eigenvalue weighted by molar-refractivity contribution is 7.10. The van der Waals surface area contributed by atoms with Crippen molar-refractivity contribution in [2.75, 3.05) is 0 Å². The van der Waals surface area contributed by atoms with Gasteiger partial charge in [0.25, 0.3) is 0 Å². The van der Waals surface area contributed by atoms with Gasteiger partial charge < -0.3 is 5.32 Å². The van der Waals surface area contributed by atoms with E-state index in [1.54, 1.807) is 0 Å². The van der Waals surface area contributed by atoms with Crippen molar-refractivity contribution in [2.24, 2.45) is 5.92 Å². The Morgan fingerprint density at radius 2 is 2.31 bits per heavy atom. The molecular weight excluding hydrogens is 214 g/mol. The van der Waals surface area contributed by atoms with Crippen LogP contribution >= 0.6 is 11.3 Å². The lowest BCUT2D eigenvalue weighted by Gasteiger charge is -2.24. The number of hydrogen-bond donors (Lipinski definition) is 1. The first-order chi connectivity index (χ1) is 7.72. The summed E-state index contributed by atoms with van der Waals surface area (Å²) in [5.41, 5.74) is 1.44. The van der Waals surface area contributed by atoms with Crippen molar-refractivity contribution in [3.8, 4) is 0 Å². The molecule has 0 amide bonds. The van der Waals surface area contributed by atoms with Crippen LogP contribution in [-0.4, -0.2) is 6.04 Å². The van der Waals surface area contributed by atoms with Gasteiger partial charge in [0.1, 0.15) is 0 Å². The molecule has 1 aromatic heterocycles. The average Bonchev–Trinajstić information content (AvgIpc) is 2.86. The third-order valence-electron chi connectivity index (χ3n) is 3.94. The molecule has 2 heteroatoms. The van der Waals surface area contributed by atoms with Crippen LogP contribution in [0.3, 0.4) is 0 Å². The van der Waals surface area contributed by atoms with E-state index < -0.39 is 0 Å². The summed E-state index contributed by atoms with van der Waals surface area (Å²) in [6.07, 6.45) is 5.53. The molecule has 0 aliphatic heterocycles. The SMILES string of the molecule is CCC1CCCC1NC(C)c1sccc1C. The van der Waals surface area contributed by atoms with Gasteiger partial charge in [0.05, 0.1) is 0 Å². The predicted molar refractivity (Wildman–Crippen MR) is 72.0 cm³/mol. The molecule has 3 unspecified atom stereocenters. The molecular formula is C14H23NS. The van der Waals surface area contributed by atoms with Gasteiger partial charge in [-0.3, -0.25) is 0 Å². The first-order valence-corrected chi connectivity index (χ1v) is 7.40. The van der Waals surface area contributed by atoms with E-state index in [0.29, 0.717) is 6.04 Å². The van der Waals surface area contributed by atoms with Gasteiger partial charge in [-0.05, 0) is 49.6 Å². The van der Waals surface area contributed by atoms with Gasteiger partial charge in [-0.1, -0.05) is 19.8 Å². The van der Waals surface area contributed by atoms with Crippen molar-refractivity contribution in [2.45, 2.75) is 58.5 Å². The van der Waals surface area contributed by atoms with Crippen LogP contribution in [0.4, 0.5) is 0 Å². The van der Waals surface area contributed by atoms with Crippen molar-refractivity contribution >= 4 is 11.3 Å². The third-order valence-corrected chi connectivity index (χ3v) is 5.14. The Morgan fingerprint density at radius 1 is 1.50 bits per heavy atom.